The average Bonchev–Trinajstić information content (AvgIpc) is 2.96. The Kier molecular flexibility index (Phi) is 3.58. The first-order valence-electron chi connectivity index (χ1n) is 5.79. The maximum Gasteiger partial charge on any atom is 0.291 e. The van der Waals surface area contributed by atoms with Crippen molar-refractivity contribution >= 4 is 11.9 Å². The highest BCUT2D eigenvalue weighted by molar-refractivity contribution is 5.90. The molecule has 1 amide bonds. The van der Waals surface area contributed by atoms with Gasteiger partial charge in [-0.05, 0) is 19.8 Å². The minimum atomic E-state index is -0.188. The quantitative estimate of drug-likeness (QED) is 0.772. The summed E-state index contributed by atoms with van der Waals surface area (Å²) in [6.45, 7) is 3.91. The third kappa shape index (κ3) is 2.73. The summed E-state index contributed by atoms with van der Waals surface area (Å²) in [6.07, 6.45) is 2.20. The number of H-pyrrole nitrogens is 1. The van der Waals surface area contributed by atoms with Crippen LogP contribution in [0.2, 0.25) is 0 Å². The summed E-state index contributed by atoms with van der Waals surface area (Å²) in [7, 11) is 0. The number of rotatable bonds is 4. The predicted octanol–water partition coefficient (Wildman–Crippen LogP) is 0.0280. The summed E-state index contributed by atoms with van der Waals surface area (Å²) in [6, 6.07) is 0. The summed E-state index contributed by atoms with van der Waals surface area (Å²) in [5.41, 5.74) is 5.37. The SMILES string of the molecule is CCN(CC1CCCO1)C(=O)c1nc(N)n[nH]1. The lowest BCUT2D eigenvalue weighted by Gasteiger charge is -2.22. The summed E-state index contributed by atoms with van der Waals surface area (Å²) in [5, 5.41) is 6.18. The lowest BCUT2D eigenvalue weighted by atomic mass is 10.2. The number of hydrogen-bond donors (Lipinski definition) is 2. The number of nitrogens with zero attached hydrogens (tertiary/aromatic N) is 3. The lowest BCUT2D eigenvalue weighted by molar-refractivity contribution is 0.0530. The van der Waals surface area contributed by atoms with E-state index in [4.69, 9.17) is 10.5 Å². The van der Waals surface area contributed by atoms with Crippen LogP contribution in [0.15, 0.2) is 0 Å². The minimum Gasteiger partial charge on any atom is -0.376 e. The van der Waals surface area contributed by atoms with Crippen LogP contribution in [0.4, 0.5) is 5.95 Å². The molecular formula is C10H17N5O2. The Labute approximate surface area is 99.3 Å². The summed E-state index contributed by atoms with van der Waals surface area (Å²) in [5.74, 6) is 0.0797. The van der Waals surface area contributed by atoms with Crippen LogP contribution in [0, 0.1) is 0 Å². The molecule has 2 heterocycles. The van der Waals surface area contributed by atoms with Crippen LogP contribution in [-0.4, -0.2) is 51.8 Å². The highest BCUT2D eigenvalue weighted by atomic mass is 16.5. The van der Waals surface area contributed by atoms with Gasteiger partial charge in [0.25, 0.3) is 5.91 Å². The fraction of sp³-hybridized carbons (Fsp3) is 0.700. The maximum atomic E-state index is 12.1. The monoisotopic (exact) mass is 239 g/mol. The van der Waals surface area contributed by atoms with Gasteiger partial charge in [-0.3, -0.25) is 9.89 Å². The minimum absolute atomic E-state index is 0.0847. The molecule has 1 aliphatic rings. The summed E-state index contributed by atoms with van der Waals surface area (Å²) < 4.78 is 5.51. The molecule has 7 nitrogen and oxygen atoms in total. The van der Waals surface area contributed by atoms with Crippen molar-refractivity contribution in [3.63, 3.8) is 0 Å². The molecule has 0 aromatic carbocycles. The molecule has 0 bridgehead atoms. The number of nitrogens with one attached hydrogen (secondary N) is 1. The Balaban J connectivity index is 1.99. The fourth-order valence-electron chi connectivity index (χ4n) is 1.91. The van der Waals surface area contributed by atoms with Gasteiger partial charge in [-0.25, -0.2) is 0 Å². The third-order valence-corrected chi connectivity index (χ3v) is 2.82. The maximum absolute atomic E-state index is 12.1. The summed E-state index contributed by atoms with van der Waals surface area (Å²) in [4.78, 5) is 17.6. The molecule has 1 aromatic rings. The van der Waals surface area contributed by atoms with Crippen molar-refractivity contribution in [2.24, 2.45) is 0 Å². The Hall–Kier alpha value is -1.63. The van der Waals surface area contributed by atoms with Gasteiger partial charge < -0.3 is 15.4 Å². The zero-order valence-electron chi connectivity index (χ0n) is 9.85. The second-order valence-electron chi connectivity index (χ2n) is 4.02. The summed E-state index contributed by atoms with van der Waals surface area (Å²) >= 11 is 0. The van der Waals surface area contributed by atoms with Crippen LogP contribution in [0.5, 0.6) is 0 Å². The number of aromatic nitrogens is 3. The normalized spacial score (nSPS) is 19.5. The van der Waals surface area contributed by atoms with Crippen LogP contribution in [-0.2, 0) is 4.74 Å². The number of ether oxygens (including phenoxy) is 1. The van der Waals surface area contributed by atoms with Crippen molar-refractivity contribution in [3.05, 3.63) is 5.82 Å². The molecule has 1 fully saturated rings. The number of carbonyl (C=O) groups is 1. The first kappa shape index (κ1) is 11.8. The molecule has 1 aliphatic heterocycles. The molecule has 1 saturated heterocycles. The van der Waals surface area contributed by atoms with Crippen molar-refractivity contribution in [2.75, 3.05) is 25.4 Å². The first-order valence-corrected chi connectivity index (χ1v) is 5.79. The molecule has 3 N–H and O–H groups in total. The number of amides is 1. The van der Waals surface area contributed by atoms with E-state index in [2.05, 4.69) is 15.2 Å². The Morgan fingerprint density at radius 2 is 2.53 bits per heavy atom. The van der Waals surface area contributed by atoms with E-state index in [-0.39, 0.29) is 23.8 Å². The molecule has 0 radical (unpaired) electrons. The van der Waals surface area contributed by atoms with E-state index in [1.807, 2.05) is 6.92 Å². The number of aromatic amines is 1. The van der Waals surface area contributed by atoms with Gasteiger partial charge in [0.15, 0.2) is 0 Å². The number of nitrogens with two attached hydrogens (primary N) is 1. The van der Waals surface area contributed by atoms with Crippen LogP contribution in [0.25, 0.3) is 0 Å². The molecule has 2 rings (SSSR count). The largest absolute Gasteiger partial charge is 0.376 e. The third-order valence-electron chi connectivity index (χ3n) is 2.82. The Morgan fingerprint density at radius 3 is 3.06 bits per heavy atom. The van der Waals surface area contributed by atoms with Crippen molar-refractivity contribution in [1.82, 2.24) is 20.1 Å². The molecule has 94 valence electrons. The van der Waals surface area contributed by atoms with E-state index < -0.39 is 0 Å². The van der Waals surface area contributed by atoms with Crippen LogP contribution in [0.3, 0.4) is 0 Å². The molecule has 0 saturated carbocycles. The molecule has 0 aliphatic carbocycles. The second-order valence-corrected chi connectivity index (χ2v) is 4.02. The van der Waals surface area contributed by atoms with E-state index in [9.17, 15) is 4.79 Å². The predicted molar refractivity (Wildman–Crippen MR) is 61.3 cm³/mol. The molecule has 7 heteroatoms. The smallest absolute Gasteiger partial charge is 0.291 e. The standard InChI is InChI=1S/C10H17N5O2/c1-2-15(6-7-4-3-5-17-7)9(16)8-12-10(11)14-13-8/h7H,2-6H2,1H3,(H3,11,12,13,14). The first-order chi connectivity index (χ1) is 8.20. The topological polar surface area (TPSA) is 97.1 Å². The van der Waals surface area contributed by atoms with E-state index >= 15 is 0 Å². The van der Waals surface area contributed by atoms with E-state index in [0.717, 1.165) is 19.4 Å². The molecule has 1 aromatic heterocycles. The van der Waals surface area contributed by atoms with Gasteiger partial charge in [-0.2, -0.15) is 4.98 Å². The van der Waals surface area contributed by atoms with Crippen LogP contribution < -0.4 is 5.73 Å². The molecule has 0 spiro atoms. The van der Waals surface area contributed by atoms with Gasteiger partial charge >= 0.3 is 0 Å². The number of hydrogen-bond acceptors (Lipinski definition) is 5. The molecule has 1 atom stereocenters. The number of anilines is 1. The van der Waals surface area contributed by atoms with Crippen molar-refractivity contribution < 1.29 is 9.53 Å². The average molecular weight is 239 g/mol. The Bertz CT molecular complexity index is 386. The van der Waals surface area contributed by atoms with Gasteiger partial charge in [0.1, 0.15) is 0 Å². The second kappa shape index (κ2) is 5.13. The fourth-order valence-corrected chi connectivity index (χ4v) is 1.91. The number of carbonyl (C=O) groups excluding carboxylic acids is 1. The van der Waals surface area contributed by atoms with Crippen molar-refractivity contribution in [1.29, 1.82) is 0 Å². The molecular weight excluding hydrogens is 222 g/mol. The van der Waals surface area contributed by atoms with Crippen LogP contribution in [0.1, 0.15) is 30.4 Å². The molecule has 17 heavy (non-hydrogen) atoms. The zero-order chi connectivity index (χ0) is 12.3. The highest BCUT2D eigenvalue weighted by Crippen LogP contribution is 2.14. The van der Waals surface area contributed by atoms with Crippen LogP contribution >= 0.6 is 0 Å². The van der Waals surface area contributed by atoms with Crippen molar-refractivity contribution in [2.45, 2.75) is 25.9 Å². The number of nitrogen functional groups attached to an aromatic ring is 1. The highest BCUT2D eigenvalue weighted by Gasteiger charge is 2.24. The van der Waals surface area contributed by atoms with Gasteiger partial charge in [-0.1, -0.05) is 0 Å². The lowest BCUT2D eigenvalue weighted by Crippen LogP contribution is -2.37. The van der Waals surface area contributed by atoms with E-state index in [0.29, 0.717) is 13.1 Å². The van der Waals surface area contributed by atoms with Gasteiger partial charge in [0.05, 0.1) is 6.10 Å². The number of likely N-dealkylation sites (N-methyl/N-ethyl adjacent to an activating group) is 1. The van der Waals surface area contributed by atoms with Gasteiger partial charge in [-0.15, -0.1) is 5.10 Å². The van der Waals surface area contributed by atoms with Gasteiger partial charge in [0.2, 0.25) is 11.8 Å². The van der Waals surface area contributed by atoms with E-state index in [1.54, 1.807) is 4.90 Å². The zero-order valence-corrected chi connectivity index (χ0v) is 9.85. The van der Waals surface area contributed by atoms with Gasteiger partial charge in [0, 0.05) is 19.7 Å². The van der Waals surface area contributed by atoms with Crippen molar-refractivity contribution in [3.8, 4) is 0 Å². The molecule has 1 unspecified atom stereocenters. The van der Waals surface area contributed by atoms with E-state index in [1.165, 1.54) is 0 Å². The Morgan fingerprint density at radius 1 is 1.71 bits per heavy atom.